The fourth-order valence-corrected chi connectivity index (χ4v) is 3.07. The third-order valence-electron chi connectivity index (χ3n) is 4.78. The average Bonchev–Trinajstić information content (AvgIpc) is 2.80. The van der Waals surface area contributed by atoms with Crippen LogP contribution in [0.3, 0.4) is 0 Å². The van der Waals surface area contributed by atoms with Crippen LogP contribution in [0.1, 0.15) is 38.3 Å². The third kappa shape index (κ3) is 9.33. The van der Waals surface area contributed by atoms with Crippen LogP contribution in [0.4, 0.5) is 4.79 Å². The molecule has 8 heteroatoms. The number of hydrogen-bond donors (Lipinski definition) is 3. The van der Waals surface area contributed by atoms with E-state index in [-0.39, 0.29) is 19.1 Å². The second-order valence-corrected chi connectivity index (χ2v) is 8.21. The van der Waals surface area contributed by atoms with Crippen molar-refractivity contribution in [1.29, 1.82) is 0 Å². The smallest absolute Gasteiger partial charge is 0.408 e. The van der Waals surface area contributed by atoms with Crippen LogP contribution < -0.4 is 10.6 Å². The Labute approximate surface area is 194 Å². The molecule has 0 radical (unpaired) electrons. The monoisotopic (exact) mass is 456 g/mol. The largest absolute Gasteiger partial charge is 0.459 e. The quantitative estimate of drug-likeness (QED) is 0.448. The zero-order valence-corrected chi connectivity index (χ0v) is 19.2. The first-order valence-corrected chi connectivity index (χ1v) is 10.9. The van der Waals surface area contributed by atoms with Crippen molar-refractivity contribution >= 4 is 18.0 Å². The van der Waals surface area contributed by atoms with Crippen molar-refractivity contribution in [3.8, 4) is 0 Å². The van der Waals surface area contributed by atoms with Crippen molar-refractivity contribution in [2.45, 2.75) is 58.6 Å². The Morgan fingerprint density at radius 2 is 1.33 bits per heavy atom. The van der Waals surface area contributed by atoms with Crippen molar-refractivity contribution in [2.24, 2.45) is 5.92 Å². The molecule has 0 saturated carbocycles. The summed E-state index contributed by atoms with van der Waals surface area (Å²) < 4.78 is 10.5. The summed E-state index contributed by atoms with van der Waals surface area (Å²) in [5.41, 5.74) is 1.61. The van der Waals surface area contributed by atoms with Crippen LogP contribution in [0.5, 0.6) is 0 Å². The van der Waals surface area contributed by atoms with Gasteiger partial charge in [0.15, 0.2) is 0 Å². The molecule has 0 unspecified atom stereocenters. The Morgan fingerprint density at radius 3 is 1.82 bits per heavy atom. The fraction of sp³-hybridized carbons (Fsp3) is 0.400. The molecule has 178 valence electrons. The maximum Gasteiger partial charge on any atom is 0.408 e. The molecule has 2 rings (SSSR count). The van der Waals surface area contributed by atoms with E-state index in [0.717, 1.165) is 11.1 Å². The Morgan fingerprint density at radius 1 is 0.818 bits per heavy atom. The van der Waals surface area contributed by atoms with Gasteiger partial charge in [-0.2, -0.15) is 0 Å². The molecule has 0 heterocycles. The SMILES string of the molecule is CC(C)C[C@H](NC(=O)[C@H](NC(=O)OCc1ccccc1)[C@H](C)O)C(=O)OCc1ccccc1. The summed E-state index contributed by atoms with van der Waals surface area (Å²) in [4.78, 5) is 37.6. The molecule has 0 aliphatic heterocycles. The van der Waals surface area contributed by atoms with Gasteiger partial charge in [-0.15, -0.1) is 0 Å². The number of esters is 1. The fourth-order valence-electron chi connectivity index (χ4n) is 3.07. The summed E-state index contributed by atoms with van der Waals surface area (Å²) in [6.45, 7) is 5.29. The lowest BCUT2D eigenvalue weighted by atomic mass is 10.0. The number of ether oxygens (including phenoxy) is 2. The van der Waals surface area contributed by atoms with E-state index in [9.17, 15) is 19.5 Å². The maximum absolute atomic E-state index is 12.8. The average molecular weight is 457 g/mol. The molecule has 0 aliphatic rings. The van der Waals surface area contributed by atoms with Crippen LogP contribution in [0, 0.1) is 5.92 Å². The summed E-state index contributed by atoms with van der Waals surface area (Å²) in [7, 11) is 0. The van der Waals surface area contributed by atoms with Gasteiger partial charge < -0.3 is 25.2 Å². The summed E-state index contributed by atoms with van der Waals surface area (Å²) in [5, 5.41) is 15.0. The molecule has 2 aromatic carbocycles. The number of aliphatic hydroxyl groups is 1. The lowest BCUT2D eigenvalue weighted by Gasteiger charge is -2.25. The van der Waals surface area contributed by atoms with E-state index < -0.39 is 36.2 Å². The van der Waals surface area contributed by atoms with Crippen LogP contribution in [0.25, 0.3) is 0 Å². The Bertz CT molecular complexity index is 886. The van der Waals surface area contributed by atoms with Crippen molar-refractivity contribution < 1.29 is 29.0 Å². The van der Waals surface area contributed by atoms with Gasteiger partial charge in [0, 0.05) is 0 Å². The van der Waals surface area contributed by atoms with Crippen molar-refractivity contribution in [1.82, 2.24) is 10.6 Å². The number of carbonyl (C=O) groups excluding carboxylic acids is 3. The third-order valence-corrected chi connectivity index (χ3v) is 4.78. The minimum absolute atomic E-state index is 0.0165. The van der Waals surface area contributed by atoms with Gasteiger partial charge in [0.1, 0.15) is 25.3 Å². The molecule has 0 aliphatic carbocycles. The van der Waals surface area contributed by atoms with Crippen molar-refractivity contribution in [2.75, 3.05) is 0 Å². The first-order chi connectivity index (χ1) is 15.8. The predicted octanol–water partition coefficient (Wildman–Crippen LogP) is 2.94. The highest BCUT2D eigenvalue weighted by molar-refractivity contribution is 5.90. The lowest BCUT2D eigenvalue weighted by molar-refractivity contribution is -0.150. The van der Waals surface area contributed by atoms with E-state index in [1.54, 1.807) is 12.1 Å². The van der Waals surface area contributed by atoms with Crippen molar-refractivity contribution in [3.63, 3.8) is 0 Å². The van der Waals surface area contributed by atoms with Gasteiger partial charge in [-0.3, -0.25) is 4.79 Å². The first kappa shape index (κ1) is 25.9. The zero-order valence-electron chi connectivity index (χ0n) is 19.2. The molecule has 2 amide bonds. The molecular formula is C25H32N2O6. The number of hydrogen-bond acceptors (Lipinski definition) is 6. The molecule has 3 N–H and O–H groups in total. The second-order valence-electron chi connectivity index (χ2n) is 8.21. The summed E-state index contributed by atoms with van der Waals surface area (Å²) in [6, 6.07) is 16.0. The second kappa shape index (κ2) is 13.2. The highest BCUT2D eigenvalue weighted by Crippen LogP contribution is 2.10. The van der Waals surface area contributed by atoms with Crippen LogP contribution in [0.15, 0.2) is 60.7 Å². The number of rotatable bonds is 11. The van der Waals surface area contributed by atoms with Gasteiger partial charge in [-0.1, -0.05) is 74.5 Å². The number of benzene rings is 2. The van der Waals surface area contributed by atoms with E-state index in [1.165, 1.54) is 6.92 Å². The molecule has 33 heavy (non-hydrogen) atoms. The van der Waals surface area contributed by atoms with Gasteiger partial charge in [-0.05, 0) is 30.4 Å². The van der Waals surface area contributed by atoms with Gasteiger partial charge in [0.2, 0.25) is 5.91 Å². The maximum atomic E-state index is 12.8. The summed E-state index contributed by atoms with van der Waals surface area (Å²) in [6.07, 6.45) is -1.73. The zero-order chi connectivity index (χ0) is 24.2. The van der Waals surface area contributed by atoms with E-state index >= 15 is 0 Å². The molecule has 0 spiro atoms. The highest BCUT2D eigenvalue weighted by atomic mass is 16.5. The summed E-state index contributed by atoms with van der Waals surface area (Å²) in [5.74, 6) is -1.20. The molecule has 8 nitrogen and oxygen atoms in total. The molecule has 0 saturated heterocycles. The van der Waals surface area contributed by atoms with Crippen LogP contribution >= 0.6 is 0 Å². The van der Waals surface area contributed by atoms with E-state index in [4.69, 9.17) is 9.47 Å². The minimum atomic E-state index is -1.30. The minimum Gasteiger partial charge on any atom is -0.459 e. The predicted molar refractivity (Wildman–Crippen MR) is 123 cm³/mol. The molecule has 0 fully saturated rings. The molecule has 3 atom stereocenters. The number of carbonyl (C=O) groups is 3. The van der Waals surface area contributed by atoms with Gasteiger partial charge in [0.25, 0.3) is 0 Å². The topological polar surface area (TPSA) is 114 Å². The number of nitrogens with one attached hydrogen (secondary N) is 2. The van der Waals surface area contributed by atoms with Crippen LogP contribution in [0.2, 0.25) is 0 Å². The van der Waals surface area contributed by atoms with Gasteiger partial charge in [-0.25, -0.2) is 9.59 Å². The lowest BCUT2D eigenvalue weighted by Crippen LogP contribution is -2.56. The molecule has 2 aromatic rings. The first-order valence-electron chi connectivity index (χ1n) is 10.9. The normalized spacial score (nSPS) is 13.5. The van der Waals surface area contributed by atoms with E-state index in [0.29, 0.717) is 6.42 Å². The Hall–Kier alpha value is -3.39. The van der Waals surface area contributed by atoms with E-state index in [1.807, 2.05) is 62.4 Å². The number of amides is 2. The number of aliphatic hydroxyl groups excluding tert-OH is 1. The molecule has 0 aromatic heterocycles. The Balaban J connectivity index is 1.96. The number of alkyl carbamates (subject to hydrolysis) is 1. The van der Waals surface area contributed by atoms with Gasteiger partial charge in [0.05, 0.1) is 6.10 Å². The van der Waals surface area contributed by atoms with E-state index in [2.05, 4.69) is 10.6 Å². The highest BCUT2D eigenvalue weighted by Gasteiger charge is 2.31. The van der Waals surface area contributed by atoms with Crippen LogP contribution in [-0.4, -0.2) is 41.3 Å². The molecule has 0 bridgehead atoms. The van der Waals surface area contributed by atoms with Crippen LogP contribution in [-0.2, 0) is 32.3 Å². The molecular weight excluding hydrogens is 424 g/mol. The van der Waals surface area contributed by atoms with Gasteiger partial charge >= 0.3 is 12.1 Å². The summed E-state index contributed by atoms with van der Waals surface area (Å²) >= 11 is 0. The van der Waals surface area contributed by atoms with Crippen molar-refractivity contribution in [3.05, 3.63) is 71.8 Å². The Kier molecular flexibility index (Phi) is 10.4. The standard InChI is InChI=1S/C25H32N2O6/c1-17(2)14-21(24(30)32-15-19-10-6-4-7-11-19)26-23(29)22(18(3)28)27-25(31)33-16-20-12-8-5-9-13-20/h4-13,17-18,21-22,28H,14-16H2,1-3H3,(H,26,29)(H,27,31)/t18-,21-,22+/m0/s1.